The van der Waals surface area contributed by atoms with Crippen LogP contribution in [0.5, 0.6) is 5.75 Å². The van der Waals surface area contributed by atoms with E-state index in [2.05, 4.69) is 4.98 Å². The van der Waals surface area contributed by atoms with E-state index in [1.54, 1.807) is 25.3 Å². The summed E-state index contributed by atoms with van der Waals surface area (Å²) in [4.78, 5) is 26.2. The molecule has 0 aliphatic carbocycles. The number of hydrogen-bond acceptors (Lipinski definition) is 7. The number of thiazole rings is 1. The van der Waals surface area contributed by atoms with Gasteiger partial charge < -0.3 is 14.9 Å². The van der Waals surface area contributed by atoms with E-state index in [9.17, 15) is 14.9 Å². The van der Waals surface area contributed by atoms with E-state index in [0.717, 1.165) is 16.2 Å². The van der Waals surface area contributed by atoms with Crippen LogP contribution in [0, 0.1) is 10.1 Å². The van der Waals surface area contributed by atoms with E-state index in [1.807, 2.05) is 6.07 Å². The van der Waals surface area contributed by atoms with E-state index in [-0.39, 0.29) is 16.6 Å². The number of nitro groups is 1. The van der Waals surface area contributed by atoms with Crippen LogP contribution in [0.1, 0.15) is 16.7 Å². The maximum Gasteiger partial charge on any atom is 0.389 e. The molecule has 0 radical (unpaired) electrons. The van der Waals surface area contributed by atoms with Crippen LogP contribution in [-0.4, -0.2) is 22.8 Å². The maximum absolute atomic E-state index is 11.3. The molecule has 0 saturated carbocycles. The lowest BCUT2D eigenvalue weighted by atomic mass is 10.3. The minimum absolute atomic E-state index is 0.141. The largest absolute Gasteiger partial charge is 0.497 e. The number of ketones is 1. The second kappa shape index (κ2) is 6.02. The Labute approximate surface area is 122 Å². The van der Waals surface area contributed by atoms with Gasteiger partial charge in [0.15, 0.2) is 4.21 Å². The standard InChI is InChI=1S/C12H10N2O4S2/c1-7(15)11-13-10(14(16)17)12(20-11)19-9-5-3-4-8(6-9)18-2/h3-6H,1-2H3. The van der Waals surface area contributed by atoms with E-state index in [0.29, 0.717) is 9.96 Å². The van der Waals surface area contributed by atoms with Crippen molar-refractivity contribution in [2.45, 2.75) is 16.0 Å². The lowest BCUT2D eigenvalue weighted by molar-refractivity contribution is -0.391. The van der Waals surface area contributed by atoms with Gasteiger partial charge >= 0.3 is 5.82 Å². The molecule has 0 amide bonds. The number of Topliss-reactive ketones (excluding diaryl/α,β-unsaturated/α-hetero) is 1. The van der Waals surface area contributed by atoms with E-state index >= 15 is 0 Å². The van der Waals surface area contributed by atoms with Crippen LogP contribution >= 0.6 is 23.1 Å². The monoisotopic (exact) mass is 310 g/mol. The molecule has 0 atom stereocenters. The van der Waals surface area contributed by atoms with Gasteiger partial charge in [-0.05, 0) is 28.1 Å². The predicted octanol–water partition coefficient (Wildman–Crippen LogP) is 3.41. The van der Waals surface area contributed by atoms with Crippen LogP contribution in [0.2, 0.25) is 0 Å². The van der Waals surface area contributed by atoms with Crippen molar-refractivity contribution in [3.63, 3.8) is 0 Å². The Bertz CT molecular complexity index is 669. The highest BCUT2D eigenvalue weighted by molar-refractivity contribution is 8.01. The van der Waals surface area contributed by atoms with Gasteiger partial charge in [0.2, 0.25) is 5.78 Å². The molecular formula is C12H10N2O4S2. The van der Waals surface area contributed by atoms with Gasteiger partial charge in [-0.1, -0.05) is 29.2 Å². The maximum atomic E-state index is 11.3. The Hall–Kier alpha value is -1.93. The number of hydrogen-bond donors (Lipinski definition) is 0. The first-order valence-corrected chi connectivity index (χ1v) is 7.12. The fourth-order valence-corrected chi connectivity index (χ4v) is 3.50. The molecule has 0 aliphatic heterocycles. The summed E-state index contributed by atoms with van der Waals surface area (Å²) in [6, 6.07) is 7.15. The van der Waals surface area contributed by atoms with Gasteiger partial charge in [0.05, 0.1) is 7.11 Å². The van der Waals surface area contributed by atoms with Gasteiger partial charge in [0.25, 0.3) is 5.01 Å². The van der Waals surface area contributed by atoms with Crippen molar-refractivity contribution in [2.24, 2.45) is 0 Å². The highest BCUT2D eigenvalue weighted by Gasteiger charge is 2.25. The Morgan fingerprint density at radius 1 is 1.50 bits per heavy atom. The molecule has 2 rings (SSSR count). The summed E-state index contributed by atoms with van der Waals surface area (Å²) in [5, 5.41) is 11.1. The minimum atomic E-state index is -0.578. The third-order valence-corrected chi connectivity index (χ3v) is 4.60. The van der Waals surface area contributed by atoms with Crippen LogP contribution in [0.25, 0.3) is 0 Å². The molecule has 20 heavy (non-hydrogen) atoms. The normalized spacial score (nSPS) is 10.3. The number of rotatable bonds is 5. The van der Waals surface area contributed by atoms with Crippen molar-refractivity contribution >= 4 is 34.7 Å². The molecular weight excluding hydrogens is 300 g/mol. The van der Waals surface area contributed by atoms with Crippen LogP contribution in [0.4, 0.5) is 5.82 Å². The molecule has 1 aromatic carbocycles. The highest BCUT2D eigenvalue weighted by Crippen LogP contribution is 2.40. The second-order valence-electron chi connectivity index (χ2n) is 3.72. The summed E-state index contributed by atoms with van der Waals surface area (Å²) in [5.74, 6) is 0.0950. The number of methoxy groups -OCH3 is 1. The van der Waals surface area contributed by atoms with Crippen LogP contribution in [0.15, 0.2) is 33.4 Å². The zero-order valence-corrected chi connectivity index (χ0v) is 12.3. The van der Waals surface area contributed by atoms with E-state index < -0.39 is 4.92 Å². The van der Waals surface area contributed by atoms with Crippen LogP contribution in [0.3, 0.4) is 0 Å². The van der Waals surface area contributed by atoms with E-state index in [4.69, 9.17) is 4.74 Å². The van der Waals surface area contributed by atoms with Gasteiger partial charge in [-0.25, -0.2) is 0 Å². The average Bonchev–Trinajstić information content (AvgIpc) is 2.83. The van der Waals surface area contributed by atoms with Crippen molar-refractivity contribution in [3.8, 4) is 5.75 Å². The molecule has 8 heteroatoms. The van der Waals surface area contributed by atoms with Crippen LogP contribution in [-0.2, 0) is 0 Å². The lowest BCUT2D eigenvalue weighted by Crippen LogP contribution is -1.93. The fourth-order valence-electron chi connectivity index (χ4n) is 1.40. The molecule has 0 N–H and O–H groups in total. The van der Waals surface area contributed by atoms with Crippen LogP contribution < -0.4 is 4.74 Å². The molecule has 1 heterocycles. The van der Waals surface area contributed by atoms with Gasteiger partial charge in [0.1, 0.15) is 5.75 Å². The molecule has 0 fully saturated rings. The van der Waals surface area contributed by atoms with Gasteiger partial charge in [-0.2, -0.15) is 0 Å². The summed E-state index contributed by atoms with van der Waals surface area (Å²) < 4.78 is 5.48. The number of carbonyl (C=O) groups excluding carboxylic acids is 1. The number of aromatic nitrogens is 1. The predicted molar refractivity (Wildman–Crippen MR) is 75.9 cm³/mol. The van der Waals surface area contributed by atoms with Crippen molar-refractivity contribution < 1.29 is 14.5 Å². The highest BCUT2D eigenvalue weighted by atomic mass is 32.2. The Balaban J connectivity index is 2.36. The topological polar surface area (TPSA) is 82.3 Å². The summed E-state index contributed by atoms with van der Waals surface area (Å²) in [6.07, 6.45) is 0. The van der Waals surface area contributed by atoms with Gasteiger partial charge in [0, 0.05) is 11.8 Å². The number of ether oxygens (including phenoxy) is 1. The Morgan fingerprint density at radius 2 is 2.25 bits per heavy atom. The smallest absolute Gasteiger partial charge is 0.389 e. The first kappa shape index (κ1) is 14.5. The molecule has 0 aliphatic rings. The summed E-state index contributed by atoms with van der Waals surface area (Å²) in [7, 11) is 1.55. The fraction of sp³-hybridized carbons (Fsp3) is 0.167. The summed E-state index contributed by atoms with van der Waals surface area (Å²) in [5.41, 5.74) is 0. The molecule has 6 nitrogen and oxygen atoms in total. The van der Waals surface area contributed by atoms with Gasteiger partial charge in [-0.15, -0.1) is 0 Å². The molecule has 0 unspecified atom stereocenters. The van der Waals surface area contributed by atoms with E-state index in [1.165, 1.54) is 18.7 Å². The quantitative estimate of drug-likeness (QED) is 0.478. The molecule has 2 aromatic rings. The van der Waals surface area contributed by atoms with Crippen molar-refractivity contribution in [1.82, 2.24) is 4.98 Å². The molecule has 0 spiro atoms. The van der Waals surface area contributed by atoms with Crippen molar-refractivity contribution in [1.29, 1.82) is 0 Å². The molecule has 0 saturated heterocycles. The average molecular weight is 310 g/mol. The summed E-state index contributed by atoms with van der Waals surface area (Å²) >= 11 is 2.22. The van der Waals surface area contributed by atoms with Gasteiger partial charge in [-0.3, -0.25) is 4.79 Å². The minimum Gasteiger partial charge on any atom is -0.497 e. The molecule has 104 valence electrons. The lowest BCUT2D eigenvalue weighted by Gasteiger charge is -2.02. The molecule has 0 bridgehead atoms. The zero-order valence-electron chi connectivity index (χ0n) is 10.7. The second-order valence-corrected chi connectivity index (χ2v) is 6.07. The number of carbonyl (C=O) groups is 1. The van der Waals surface area contributed by atoms with Crippen molar-refractivity contribution in [2.75, 3.05) is 7.11 Å². The third kappa shape index (κ3) is 3.14. The SMILES string of the molecule is COc1cccc(Sc2sc(C(C)=O)nc2[N+](=O)[O-])c1. The molecule has 1 aromatic heterocycles. The first-order chi connectivity index (χ1) is 9.51. The number of nitrogens with zero attached hydrogens (tertiary/aromatic N) is 2. The number of benzene rings is 1. The first-order valence-electron chi connectivity index (χ1n) is 5.49. The third-order valence-electron chi connectivity index (χ3n) is 2.31. The summed E-state index contributed by atoms with van der Waals surface area (Å²) in [6.45, 7) is 1.34. The Kier molecular flexibility index (Phi) is 4.35. The van der Waals surface area contributed by atoms with Crippen molar-refractivity contribution in [3.05, 3.63) is 39.4 Å². The zero-order chi connectivity index (χ0) is 14.7. The Morgan fingerprint density at radius 3 is 2.85 bits per heavy atom.